The van der Waals surface area contributed by atoms with Crippen molar-refractivity contribution in [2.45, 2.75) is 39.3 Å². The largest absolute Gasteiger partial charge is 0.374 e. The van der Waals surface area contributed by atoms with Gasteiger partial charge in [-0.25, -0.2) is 14.4 Å². The molecular weight excluding hydrogens is 471 g/mol. The first-order valence-corrected chi connectivity index (χ1v) is 12.7. The summed E-state index contributed by atoms with van der Waals surface area (Å²) in [5, 5.41) is 21.1. The molecule has 9 nitrogen and oxygen atoms in total. The van der Waals surface area contributed by atoms with Gasteiger partial charge < -0.3 is 20.3 Å². The highest BCUT2D eigenvalue weighted by Gasteiger charge is 2.21. The molecule has 0 saturated carbocycles. The number of aliphatic hydroxyl groups is 1. The van der Waals surface area contributed by atoms with Gasteiger partial charge in [0, 0.05) is 36.4 Å². The molecular formula is C27H29FN8O. The van der Waals surface area contributed by atoms with Crippen molar-refractivity contribution in [3.05, 3.63) is 48.7 Å². The predicted molar refractivity (Wildman–Crippen MR) is 143 cm³/mol. The molecule has 0 radical (unpaired) electrons. The van der Waals surface area contributed by atoms with Crippen molar-refractivity contribution in [1.29, 1.82) is 0 Å². The number of imidazole rings is 1. The van der Waals surface area contributed by atoms with E-state index in [1.807, 2.05) is 32.0 Å². The number of piperidine rings is 1. The maximum absolute atomic E-state index is 15.2. The third kappa shape index (κ3) is 4.37. The predicted octanol–water partition coefficient (Wildman–Crippen LogP) is 5.08. The Kier molecular flexibility index (Phi) is 5.96. The van der Waals surface area contributed by atoms with Crippen molar-refractivity contribution >= 4 is 33.4 Å². The lowest BCUT2D eigenvalue weighted by atomic mass is 10.0. The molecule has 10 heteroatoms. The van der Waals surface area contributed by atoms with Crippen molar-refractivity contribution in [3.63, 3.8) is 0 Å². The third-order valence-corrected chi connectivity index (χ3v) is 6.93. The first-order valence-electron chi connectivity index (χ1n) is 12.7. The smallest absolute Gasteiger partial charge is 0.161 e. The number of aromatic amines is 2. The van der Waals surface area contributed by atoms with Crippen LogP contribution in [-0.4, -0.2) is 54.6 Å². The molecule has 4 N–H and O–H groups in total. The number of rotatable bonds is 6. The summed E-state index contributed by atoms with van der Waals surface area (Å²) in [6, 6.07) is 7.18. The van der Waals surface area contributed by atoms with Crippen LogP contribution < -0.4 is 10.2 Å². The van der Waals surface area contributed by atoms with E-state index in [9.17, 15) is 5.11 Å². The molecule has 37 heavy (non-hydrogen) atoms. The molecule has 1 saturated heterocycles. The summed E-state index contributed by atoms with van der Waals surface area (Å²) < 4.78 is 15.2. The molecule has 1 fully saturated rings. The molecule has 1 unspecified atom stereocenters. The van der Waals surface area contributed by atoms with E-state index in [4.69, 9.17) is 4.98 Å². The number of pyridine rings is 2. The van der Waals surface area contributed by atoms with Crippen LogP contribution in [0.1, 0.15) is 33.1 Å². The molecule has 5 aromatic rings. The number of nitrogens with one attached hydrogen (secondary N) is 3. The van der Waals surface area contributed by atoms with Gasteiger partial charge in [-0.2, -0.15) is 5.10 Å². The summed E-state index contributed by atoms with van der Waals surface area (Å²) in [6.07, 6.45) is 7.95. The van der Waals surface area contributed by atoms with Gasteiger partial charge in [-0.15, -0.1) is 0 Å². The quantitative estimate of drug-likeness (QED) is 0.240. The Morgan fingerprint density at radius 3 is 2.73 bits per heavy atom. The normalized spacial score (nSPS) is 15.1. The number of hydrogen-bond acceptors (Lipinski definition) is 7. The van der Waals surface area contributed by atoms with Crippen LogP contribution in [-0.2, 0) is 0 Å². The summed E-state index contributed by atoms with van der Waals surface area (Å²) in [4.78, 5) is 19.3. The second-order valence-corrected chi connectivity index (χ2v) is 9.91. The second-order valence-electron chi connectivity index (χ2n) is 9.91. The van der Waals surface area contributed by atoms with Crippen molar-refractivity contribution in [1.82, 2.24) is 30.1 Å². The second kappa shape index (κ2) is 9.44. The molecule has 190 valence electrons. The number of benzene rings is 1. The van der Waals surface area contributed by atoms with Crippen LogP contribution in [0.15, 0.2) is 42.9 Å². The van der Waals surface area contributed by atoms with Gasteiger partial charge in [0.1, 0.15) is 28.8 Å². The Balaban J connectivity index is 1.41. The molecule has 0 bridgehead atoms. The number of hydrogen-bond donors (Lipinski definition) is 4. The zero-order chi connectivity index (χ0) is 25.5. The van der Waals surface area contributed by atoms with Gasteiger partial charge in [-0.05, 0) is 55.0 Å². The summed E-state index contributed by atoms with van der Waals surface area (Å²) in [5.74, 6) is 0.137. The molecule has 1 aliphatic rings. The first kappa shape index (κ1) is 23.4. The van der Waals surface area contributed by atoms with Crippen LogP contribution in [0.2, 0.25) is 0 Å². The number of fused-ring (bicyclic) bond motifs is 2. The Labute approximate surface area is 213 Å². The van der Waals surface area contributed by atoms with Crippen LogP contribution >= 0.6 is 0 Å². The summed E-state index contributed by atoms with van der Waals surface area (Å²) in [7, 11) is 0. The van der Waals surface area contributed by atoms with Gasteiger partial charge >= 0.3 is 0 Å². The lowest BCUT2D eigenvalue weighted by Crippen LogP contribution is -2.29. The highest BCUT2D eigenvalue weighted by atomic mass is 19.1. The number of H-pyrrole nitrogens is 2. The maximum atomic E-state index is 15.2. The zero-order valence-electron chi connectivity index (χ0n) is 20.8. The lowest BCUT2D eigenvalue weighted by Gasteiger charge is -2.28. The van der Waals surface area contributed by atoms with Crippen LogP contribution in [0.3, 0.4) is 0 Å². The number of aromatic nitrogens is 6. The lowest BCUT2D eigenvalue weighted by molar-refractivity contribution is 0.153. The zero-order valence-corrected chi connectivity index (χ0v) is 20.8. The van der Waals surface area contributed by atoms with Crippen LogP contribution in [0.5, 0.6) is 0 Å². The average Bonchev–Trinajstić information content (AvgIpc) is 3.53. The van der Waals surface area contributed by atoms with E-state index in [0.29, 0.717) is 44.9 Å². The number of anilines is 2. The van der Waals surface area contributed by atoms with Gasteiger partial charge in [0.05, 0.1) is 17.6 Å². The Morgan fingerprint density at radius 1 is 1.08 bits per heavy atom. The molecule has 0 spiro atoms. The minimum absolute atomic E-state index is 0.0275. The molecule has 1 aliphatic heterocycles. The molecule has 4 aromatic heterocycles. The van der Waals surface area contributed by atoms with Crippen LogP contribution in [0, 0.1) is 11.7 Å². The van der Waals surface area contributed by atoms with Crippen molar-refractivity contribution in [2.24, 2.45) is 5.92 Å². The fourth-order valence-corrected chi connectivity index (χ4v) is 4.84. The minimum Gasteiger partial charge on any atom is -0.374 e. The van der Waals surface area contributed by atoms with Crippen molar-refractivity contribution < 1.29 is 9.50 Å². The Morgan fingerprint density at radius 2 is 1.92 bits per heavy atom. The number of halogens is 1. The summed E-state index contributed by atoms with van der Waals surface area (Å²) >= 11 is 0. The number of nitrogens with zero attached hydrogens (tertiary/aromatic N) is 5. The Bertz CT molecular complexity index is 1570. The van der Waals surface area contributed by atoms with E-state index < -0.39 is 12.0 Å². The number of aliphatic hydroxyl groups excluding tert-OH is 1. The molecule has 5 heterocycles. The molecule has 0 amide bonds. The van der Waals surface area contributed by atoms with E-state index in [-0.39, 0.29) is 5.92 Å². The summed E-state index contributed by atoms with van der Waals surface area (Å²) in [6.45, 7) is 5.83. The third-order valence-electron chi connectivity index (χ3n) is 6.93. The van der Waals surface area contributed by atoms with E-state index in [2.05, 4.69) is 35.4 Å². The minimum atomic E-state index is -0.715. The van der Waals surface area contributed by atoms with Gasteiger partial charge in [0.25, 0.3) is 0 Å². The van der Waals surface area contributed by atoms with E-state index in [0.717, 1.165) is 37.1 Å². The monoisotopic (exact) mass is 500 g/mol. The van der Waals surface area contributed by atoms with Crippen molar-refractivity contribution in [2.75, 3.05) is 23.3 Å². The molecule has 1 aromatic carbocycles. The maximum Gasteiger partial charge on any atom is 0.161 e. The fourth-order valence-electron chi connectivity index (χ4n) is 4.84. The van der Waals surface area contributed by atoms with E-state index in [1.165, 1.54) is 12.5 Å². The van der Waals surface area contributed by atoms with E-state index in [1.54, 1.807) is 18.6 Å². The average molecular weight is 501 g/mol. The van der Waals surface area contributed by atoms with Gasteiger partial charge in [0.2, 0.25) is 0 Å². The molecule has 1 atom stereocenters. The molecule has 0 aliphatic carbocycles. The highest BCUT2D eigenvalue weighted by Crippen LogP contribution is 2.34. The topological polar surface area (TPSA) is 119 Å². The van der Waals surface area contributed by atoms with Gasteiger partial charge in [-0.1, -0.05) is 13.8 Å². The van der Waals surface area contributed by atoms with Crippen molar-refractivity contribution in [3.8, 4) is 22.6 Å². The molecule has 6 rings (SSSR count). The summed E-state index contributed by atoms with van der Waals surface area (Å²) in [5.41, 5.74) is 5.37. The fraction of sp³-hybridized carbons (Fsp3) is 0.333. The SMILES string of the molecule is CC(C)C(O)Nc1cncc(-c2cc(F)c3[nH]nc(-c4nc5c(N6CCCCC6)ccnc5[nH]4)c3c2)c1. The highest BCUT2D eigenvalue weighted by molar-refractivity contribution is 5.97. The van der Waals surface area contributed by atoms with Gasteiger partial charge in [-0.3, -0.25) is 10.1 Å². The Hall–Kier alpha value is -4.05. The van der Waals surface area contributed by atoms with E-state index >= 15 is 4.39 Å². The van der Waals surface area contributed by atoms with Crippen LogP contribution in [0.25, 0.3) is 44.7 Å². The standard InChI is InChI=1S/C27H29FN8O/c1-15(2)27(37)31-18-10-17(13-29-14-18)16-11-19-22(20(28)12-16)34-35-23(19)26-32-24-21(6-7-30-25(24)33-26)36-8-4-3-5-9-36/h6-7,10-15,27,31,37H,3-5,8-9H2,1-2H3,(H,34,35)(H,30,32,33). The van der Waals surface area contributed by atoms with Gasteiger partial charge in [0.15, 0.2) is 11.5 Å². The first-order chi connectivity index (χ1) is 18.0. The van der Waals surface area contributed by atoms with Crippen LogP contribution in [0.4, 0.5) is 15.8 Å².